The Morgan fingerprint density at radius 3 is 1.73 bits per heavy atom. The van der Waals surface area contributed by atoms with Crippen LogP contribution in [-0.4, -0.2) is 46.8 Å². The lowest BCUT2D eigenvalue weighted by Crippen LogP contribution is -2.22. The smallest absolute Gasteiger partial charge is 0.100 e. The minimum atomic E-state index is -0.582. The van der Waals surface area contributed by atoms with Gasteiger partial charge in [-0.1, -0.05) is 50.3 Å². The van der Waals surface area contributed by atoms with E-state index >= 15 is 0 Å². The monoisotopic (exact) mass is 416 g/mol. The minimum absolute atomic E-state index is 0.0740. The second kappa shape index (κ2) is 10.7. The van der Waals surface area contributed by atoms with Crippen LogP contribution in [0.2, 0.25) is 0 Å². The molecular weight excluding hydrogens is 376 g/mol. The van der Waals surface area contributed by atoms with Gasteiger partial charge >= 0.3 is 0 Å². The third-order valence-corrected chi connectivity index (χ3v) is 6.33. The maximum absolute atomic E-state index is 10.6. The maximum Gasteiger partial charge on any atom is 0.100 e. The molecule has 0 fully saturated rings. The number of aliphatic hydroxyl groups is 3. The second-order valence-corrected chi connectivity index (χ2v) is 9.95. The molecule has 2 atom stereocenters. The lowest BCUT2D eigenvalue weighted by Gasteiger charge is -2.23. The summed E-state index contributed by atoms with van der Waals surface area (Å²) in [5, 5.41) is 30.6. The van der Waals surface area contributed by atoms with Crippen molar-refractivity contribution in [1.29, 1.82) is 0 Å². The van der Waals surface area contributed by atoms with Gasteiger partial charge in [0.25, 0.3) is 0 Å². The lowest BCUT2D eigenvalue weighted by molar-refractivity contribution is 0.0138. The van der Waals surface area contributed by atoms with Crippen LogP contribution in [0.25, 0.3) is 0 Å². The predicted octanol–water partition coefficient (Wildman–Crippen LogP) is 4.78. The van der Waals surface area contributed by atoms with E-state index in [1.807, 2.05) is 36.5 Å². The summed E-state index contributed by atoms with van der Waals surface area (Å²) in [5.74, 6) is 0. The van der Waals surface area contributed by atoms with Gasteiger partial charge in [0.15, 0.2) is 0 Å². The average molecular weight is 417 g/mol. The van der Waals surface area contributed by atoms with Crippen molar-refractivity contribution in [3.05, 3.63) is 58.7 Å². The SMILES string of the molecule is COC(C)(C)CCCC1=CC=C(/C=C\C2=CC=C(CCCC(C)(C)CO)C2O)C1O. The quantitative estimate of drug-likeness (QED) is 0.428. The Morgan fingerprint density at radius 1 is 0.833 bits per heavy atom. The largest absolute Gasteiger partial charge is 0.396 e. The van der Waals surface area contributed by atoms with E-state index in [4.69, 9.17) is 4.74 Å². The summed E-state index contributed by atoms with van der Waals surface area (Å²) in [7, 11) is 1.73. The third-order valence-electron chi connectivity index (χ3n) is 6.33. The van der Waals surface area contributed by atoms with Gasteiger partial charge in [-0.3, -0.25) is 0 Å². The number of hydrogen-bond acceptors (Lipinski definition) is 4. The molecule has 2 rings (SSSR count). The van der Waals surface area contributed by atoms with Gasteiger partial charge in [-0.25, -0.2) is 0 Å². The van der Waals surface area contributed by atoms with Crippen molar-refractivity contribution in [2.24, 2.45) is 5.41 Å². The molecule has 2 unspecified atom stereocenters. The first kappa shape index (κ1) is 24.8. The van der Waals surface area contributed by atoms with Crippen LogP contribution in [0.4, 0.5) is 0 Å². The lowest BCUT2D eigenvalue weighted by atomic mass is 9.87. The molecule has 0 spiro atoms. The minimum Gasteiger partial charge on any atom is -0.396 e. The molecule has 0 saturated carbocycles. The summed E-state index contributed by atoms with van der Waals surface area (Å²) >= 11 is 0. The molecule has 0 radical (unpaired) electrons. The fourth-order valence-corrected chi connectivity index (χ4v) is 3.80. The Labute approximate surface area is 182 Å². The van der Waals surface area contributed by atoms with E-state index in [2.05, 4.69) is 27.7 Å². The van der Waals surface area contributed by atoms with Crippen LogP contribution < -0.4 is 0 Å². The summed E-state index contributed by atoms with van der Waals surface area (Å²) in [6, 6.07) is 0. The zero-order valence-electron chi connectivity index (χ0n) is 19.3. The molecule has 0 saturated heterocycles. The summed E-state index contributed by atoms with van der Waals surface area (Å²) in [4.78, 5) is 0. The summed E-state index contributed by atoms with van der Waals surface area (Å²) in [5.41, 5.74) is 3.56. The highest BCUT2D eigenvalue weighted by atomic mass is 16.5. The molecule has 2 aliphatic rings. The molecule has 0 aliphatic heterocycles. The van der Waals surface area contributed by atoms with Crippen molar-refractivity contribution in [3.8, 4) is 0 Å². The van der Waals surface area contributed by atoms with Crippen LogP contribution in [0.3, 0.4) is 0 Å². The zero-order valence-corrected chi connectivity index (χ0v) is 19.3. The van der Waals surface area contributed by atoms with Gasteiger partial charge < -0.3 is 20.1 Å². The van der Waals surface area contributed by atoms with Gasteiger partial charge in [-0.05, 0) is 80.1 Å². The van der Waals surface area contributed by atoms with Crippen LogP contribution in [0.5, 0.6) is 0 Å². The molecule has 0 amide bonds. The van der Waals surface area contributed by atoms with Crippen molar-refractivity contribution in [2.45, 2.75) is 84.0 Å². The van der Waals surface area contributed by atoms with Crippen LogP contribution >= 0.6 is 0 Å². The van der Waals surface area contributed by atoms with Gasteiger partial charge in [-0.2, -0.15) is 0 Å². The number of methoxy groups -OCH3 is 1. The summed E-state index contributed by atoms with van der Waals surface area (Å²) < 4.78 is 5.46. The fourth-order valence-electron chi connectivity index (χ4n) is 3.80. The number of hydrogen-bond donors (Lipinski definition) is 3. The van der Waals surface area contributed by atoms with E-state index in [0.29, 0.717) is 0 Å². The Bertz CT molecular complexity index is 672. The maximum atomic E-state index is 10.6. The predicted molar refractivity (Wildman–Crippen MR) is 123 cm³/mol. The van der Waals surface area contributed by atoms with E-state index in [-0.39, 0.29) is 17.6 Å². The molecule has 3 N–H and O–H groups in total. The Hall–Kier alpha value is -1.46. The van der Waals surface area contributed by atoms with Crippen molar-refractivity contribution in [3.63, 3.8) is 0 Å². The van der Waals surface area contributed by atoms with Crippen LogP contribution in [0, 0.1) is 5.41 Å². The van der Waals surface area contributed by atoms with Gasteiger partial charge in [0.05, 0.1) is 5.60 Å². The molecule has 0 aromatic rings. The summed E-state index contributed by atoms with van der Waals surface area (Å²) in [6.07, 6.45) is 16.1. The van der Waals surface area contributed by atoms with E-state index in [1.165, 1.54) is 0 Å². The van der Waals surface area contributed by atoms with Gasteiger partial charge in [0, 0.05) is 13.7 Å². The van der Waals surface area contributed by atoms with Crippen LogP contribution in [-0.2, 0) is 4.74 Å². The van der Waals surface area contributed by atoms with E-state index in [0.717, 1.165) is 60.8 Å². The molecule has 2 aliphatic carbocycles. The first-order chi connectivity index (χ1) is 14.1. The second-order valence-electron chi connectivity index (χ2n) is 9.95. The number of ether oxygens (including phenoxy) is 1. The first-order valence-electron chi connectivity index (χ1n) is 11.1. The standard InChI is InChI=1S/C26H40O4/c1-25(2,18-27)16-6-8-19-10-12-21(23(19)28)14-15-22-13-11-20(24(22)29)9-7-17-26(3,4)30-5/h10-15,23-24,27-29H,6-9,16-18H2,1-5H3/b15-14-. The molecule has 0 aromatic carbocycles. The molecular formula is C26H40O4. The van der Waals surface area contributed by atoms with Crippen molar-refractivity contribution < 1.29 is 20.1 Å². The van der Waals surface area contributed by atoms with Crippen LogP contribution in [0.15, 0.2) is 58.7 Å². The van der Waals surface area contributed by atoms with E-state index < -0.39 is 12.2 Å². The van der Waals surface area contributed by atoms with E-state index in [9.17, 15) is 15.3 Å². The van der Waals surface area contributed by atoms with Gasteiger partial charge in [-0.15, -0.1) is 0 Å². The molecule has 0 heterocycles. The Balaban J connectivity index is 1.78. The zero-order chi connectivity index (χ0) is 22.4. The fraction of sp³-hybridized carbons (Fsp3) is 0.615. The van der Waals surface area contributed by atoms with Crippen molar-refractivity contribution in [2.75, 3.05) is 13.7 Å². The van der Waals surface area contributed by atoms with Gasteiger partial charge in [0.1, 0.15) is 12.2 Å². The highest BCUT2D eigenvalue weighted by Gasteiger charge is 2.23. The molecule has 30 heavy (non-hydrogen) atoms. The highest BCUT2D eigenvalue weighted by molar-refractivity contribution is 5.48. The number of aliphatic hydroxyl groups excluding tert-OH is 3. The van der Waals surface area contributed by atoms with Crippen LogP contribution in [0.1, 0.15) is 66.2 Å². The summed E-state index contributed by atoms with van der Waals surface area (Å²) in [6.45, 7) is 8.45. The molecule has 0 bridgehead atoms. The number of rotatable bonds is 12. The molecule has 168 valence electrons. The molecule has 0 aromatic heterocycles. The van der Waals surface area contributed by atoms with Crippen molar-refractivity contribution >= 4 is 0 Å². The normalized spacial score (nSPS) is 22.4. The molecule has 4 nitrogen and oxygen atoms in total. The number of allylic oxidation sites excluding steroid dienone is 4. The van der Waals surface area contributed by atoms with Crippen molar-refractivity contribution in [1.82, 2.24) is 0 Å². The van der Waals surface area contributed by atoms with E-state index in [1.54, 1.807) is 7.11 Å². The topological polar surface area (TPSA) is 69.9 Å². The first-order valence-corrected chi connectivity index (χ1v) is 11.1. The molecule has 4 heteroatoms. The Kier molecular flexibility index (Phi) is 8.86. The van der Waals surface area contributed by atoms with Gasteiger partial charge in [0.2, 0.25) is 0 Å². The average Bonchev–Trinajstić information content (AvgIpc) is 3.23. The Morgan fingerprint density at radius 2 is 1.30 bits per heavy atom. The highest BCUT2D eigenvalue weighted by Crippen LogP contribution is 2.31. The third kappa shape index (κ3) is 7.05.